The molecule has 3 rings (SSSR count). The van der Waals surface area contributed by atoms with Gasteiger partial charge in [0.25, 0.3) is 0 Å². The monoisotopic (exact) mass is 337 g/mol. The number of carbonyl (C=O) groups excluding carboxylic acids is 1. The highest BCUT2D eigenvalue weighted by Crippen LogP contribution is 2.44. The highest BCUT2D eigenvalue weighted by molar-refractivity contribution is 5.94. The predicted octanol–water partition coefficient (Wildman–Crippen LogP) is 4.40. The molecule has 3 heteroatoms. The van der Waals surface area contributed by atoms with E-state index < -0.39 is 5.41 Å². The molecule has 2 unspecified atom stereocenters. The van der Waals surface area contributed by atoms with Gasteiger partial charge in [0.05, 0.1) is 0 Å². The Labute approximate surface area is 150 Å². The average Bonchev–Trinajstić information content (AvgIpc) is 2.80. The first-order valence-electron chi connectivity index (χ1n) is 8.86. The van der Waals surface area contributed by atoms with Gasteiger partial charge in [0.2, 0.25) is 5.91 Å². The number of hydrogen-bond acceptors (Lipinski definition) is 2. The Morgan fingerprint density at radius 1 is 1.00 bits per heavy atom. The molecule has 1 fully saturated rings. The van der Waals surface area contributed by atoms with E-state index >= 15 is 0 Å². The van der Waals surface area contributed by atoms with Gasteiger partial charge in [-0.3, -0.25) is 4.79 Å². The number of likely N-dealkylation sites (N-methyl/N-ethyl adjacent to an activating group) is 1. The third-order valence-electron chi connectivity index (χ3n) is 4.99. The molecule has 0 radical (unpaired) electrons. The minimum atomic E-state index is -0.615. The Kier molecular flexibility index (Phi) is 4.36. The van der Waals surface area contributed by atoms with Crippen LogP contribution in [0.15, 0.2) is 54.6 Å². The van der Waals surface area contributed by atoms with Crippen LogP contribution in [-0.2, 0) is 10.2 Å². The first-order valence-corrected chi connectivity index (χ1v) is 8.86. The molecule has 1 aliphatic heterocycles. The van der Waals surface area contributed by atoms with E-state index in [0.717, 1.165) is 23.3 Å². The molecule has 1 heterocycles. The van der Waals surface area contributed by atoms with Crippen LogP contribution in [0.4, 0.5) is 0 Å². The van der Waals surface area contributed by atoms with Crippen molar-refractivity contribution in [3.05, 3.63) is 65.7 Å². The molecule has 2 atom stereocenters. The number of ether oxygens (including phenoxy) is 1. The van der Waals surface area contributed by atoms with Gasteiger partial charge in [-0.2, -0.15) is 0 Å². The van der Waals surface area contributed by atoms with Crippen LogP contribution in [0.3, 0.4) is 0 Å². The summed E-state index contributed by atoms with van der Waals surface area (Å²) in [5.41, 5.74) is 1.23. The van der Waals surface area contributed by atoms with E-state index in [0.29, 0.717) is 0 Å². The molecule has 0 N–H and O–H groups in total. The third kappa shape index (κ3) is 3.15. The van der Waals surface area contributed by atoms with Crippen LogP contribution < -0.4 is 4.74 Å². The molecule has 25 heavy (non-hydrogen) atoms. The van der Waals surface area contributed by atoms with Crippen molar-refractivity contribution >= 4 is 5.91 Å². The zero-order valence-corrected chi connectivity index (χ0v) is 15.7. The van der Waals surface area contributed by atoms with Crippen LogP contribution >= 0.6 is 0 Å². The number of hydrogen-bond donors (Lipinski definition) is 0. The molecule has 2 aromatic rings. The predicted molar refractivity (Wildman–Crippen MR) is 101 cm³/mol. The van der Waals surface area contributed by atoms with Crippen LogP contribution in [0.1, 0.15) is 45.2 Å². The van der Waals surface area contributed by atoms with Crippen LogP contribution in [0.25, 0.3) is 0 Å². The van der Waals surface area contributed by atoms with Crippen molar-refractivity contribution in [2.24, 2.45) is 0 Å². The van der Waals surface area contributed by atoms with Gasteiger partial charge in [-0.15, -0.1) is 0 Å². The van der Waals surface area contributed by atoms with Gasteiger partial charge >= 0.3 is 0 Å². The Balaban J connectivity index is 2.06. The van der Waals surface area contributed by atoms with E-state index in [9.17, 15) is 4.79 Å². The largest absolute Gasteiger partial charge is 0.488 e. The zero-order valence-electron chi connectivity index (χ0n) is 15.7. The lowest BCUT2D eigenvalue weighted by Crippen LogP contribution is -2.37. The van der Waals surface area contributed by atoms with Crippen molar-refractivity contribution < 1.29 is 9.53 Å². The van der Waals surface area contributed by atoms with E-state index in [2.05, 4.69) is 19.1 Å². The number of nitrogens with zero attached hydrogens (tertiary/aromatic N) is 1. The fourth-order valence-electron chi connectivity index (χ4n) is 3.70. The Morgan fingerprint density at radius 3 is 2.04 bits per heavy atom. The molecular weight excluding hydrogens is 310 g/mol. The summed E-state index contributed by atoms with van der Waals surface area (Å²) in [6.07, 6.45) is 0.784. The van der Waals surface area contributed by atoms with Gasteiger partial charge in [-0.05, 0) is 57.4 Å². The molecule has 132 valence electrons. The summed E-state index contributed by atoms with van der Waals surface area (Å²) in [5, 5.41) is 0. The Morgan fingerprint density at radius 2 is 1.56 bits per heavy atom. The second kappa shape index (κ2) is 6.21. The van der Waals surface area contributed by atoms with E-state index in [4.69, 9.17) is 4.74 Å². The second-order valence-electron chi connectivity index (χ2n) is 7.98. The summed E-state index contributed by atoms with van der Waals surface area (Å²) in [5.74, 6) is 0.988. The summed E-state index contributed by atoms with van der Waals surface area (Å²) in [6.45, 7) is 8.20. The molecule has 2 aromatic carbocycles. The molecule has 0 bridgehead atoms. The van der Waals surface area contributed by atoms with Gasteiger partial charge < -0.3 is 9.64 Å². The molecule has 3 nitrogen and oxygen atoms in total. The molecule has 1 saturated heterocycles. The van der Waals surface area contributed by atoms with Crippen LogP contribution in [0, 0.1) is 0 Å². The molecule has 0 aromatic heterocycles. The van der Waals surface area contributed by atoms with Crippen molar-refractivity contribution in [3.63, 3.8) is 0 Å². The van der Waals surface area contributed by atoms with Crippen molar-refractivity contribution in [1.82, 2.24) is 4.90 Å². The van der Waals surface area contributed by atoms with E-state index in [1.807, 2.05) is 75.2 Å². The van der Waals surface area contributed by atoms with Crippen molar-refractivity contribution in [1.29, 1.82) is 0 Å². The number of rotatable bonds is 3. The van der Waals surface area contributed by atoms with Crippen LogP contribution in [0.5, 0.6) is 5.75 Å². The van der Waals surface area contributed by atoms with Gasteiger partial charge in [0.1, 0.15) is 16.8 Å². The van der Waals surface area contributed by atoms with E-state index in [1.54, 1.807) is 0 Å². The average molecular weight is 337 g/mol. The minimum Gasteiger partial charge on any atom is -0.488 e. The molecule has 0 aliphatic carbocycles. The van der Waals surface area contributed by atoms with Crippen molar-refractivity contribution in [2.75, 3.05) is 7.05 Å². The summed E-state index contributed by atoms with van der Waals surface area (Å²) in [4.78, 5) is 15.1. The van der Waals surface area contributed by atoms with E-state index in [1.165, 1.54) is 0 Å². The van der Waals surface area contributed by atoms with Gasteiger partial charge in [-0.1, -0.05) is 42.5 Å². The smallest absolute Gasteiger partial charge is 0.237 e. The zero-order chi connectivity index (χ0) is 18.2. The van der Waals surface area contributed by atoms with Crippen LogP contribution in [0.2, 0.25) is 0 Å². The normalized spacial score (nSPS) is 23.8. The Bertz CT molecular complexity index is 746. The van der Waals surface area contributed by atoms with E-state index in [-0.39, 0.29) is 17.6 Å². The van der Waals surface area contributed by atoms with Crippen LogP contribution in [-0.4, -0.2) is 29.5 Å². The topological polar surface area (TPSA) is 29.5 Å². The molecular formula is C22H27NO2. The maximum atomic E-state index is 13.2. The lowest BCUT2D eigenvalue weighted by Gasteiger charge is -2.29. The summed E-state index contributed by atoms with van der Waals surface area (Å²) in [6, 6.07) is 18.3. The first-order chi connectivity index (χ1) is 11.7. The minimum absolute atomic E-state index is 0.163. The van der Waals surface area contributed by atoms with Crippen molar-refractivity contribution in [3.8, 4) is 5.75 Å². The number of likely N-dealkylation sites (tertiary alicyclic amines) is 1. The molecule has 1 amide bonds. The highest BCUT2D eigenvalue weighted by atomic mass is 16.5. The molecule has 1 aliphatic rings. The Hall–Kier alpha value is -2.29. The fourth-order valence-corrected chi connectivity index (χ4v) is 3.70. The maximum absolute atomic E-state index is 13.2. The fraction of sp³-hybridized carbons (Fsp3) is 0.409. The summed E-state index contributed by atoms with van der Waals surface area (Å²) >= 11 is 0. The standard InChI is InChI=1S/C22H27NO2/c1-16-15-22(20(24)23(16)5,17-9-7-6-8-10-17)18-11-13-19(14-12-18)25-21(2,3)4/h6-14,16H,15H2,1-5H3. The maximum Gasteiger partial charge on any atom is 0.237 e. The number of amides is 1. The number of carbonyl (C=O) groups is 1. The molecule has 0 saturated carbocycles. The SMILES string of the molecule is CC1CC(c2ccccc2)(c2ccc(OC(C)(C)C)cc2)C(=O)N1C. The summed E-state index contributed by atoms with van der Waals surface area (Å²) in [7, 11) is 1.90. The molecule has 0 spiro atoms. The lowest BCUT2D eigenvalue weighted by atomic mass is 9.72. The van der Waals surface area contributed by atoms with Gasteiger partial charge in [0.15, 0.2) is 0 Å². The summed E-state index contributed by atoms with van der Waals surface area (Å²) < 4.78 is 5.93. The number of benzene rings is 2. The lowest BCUT2D eigenvalue weighted by molar-refractivity contribution is -0.130. The van der Waals surface area contributed by atoms with Crippen molar-refractivity contribution in [2.45, 2.75) is 51.2 Å². The highest BCUT2D eigenvalue weighted by Gasteiger charge is 2.51. The van der Waals surface area contributed by atoms with Gasteiger partial charge in [0, 0.05) is 13.1 Å². The first kappa shape index (κ1) is 17.5. The third-order valence-corrected chi connectivity index (χ3v) is 4.99. The van der Waals surface area contributed by atoms with Gasteiger partial charge in [-0.25, -0.2) is 0 Å². The second-order valence-corrected chi connectivity index (χ2v) is 7.98. The quantitative estimate of drug-likeness (QED) is 0.831.